The summed E-state index contributed by atoms with van der Waals surface area (Å²) in [7, 11) is 0. The van der Waals surface area contributed by atoms with Crippen molar-refractivity contribution < 1.29 is 9.90 Å². The van der Waals surface area contributed by atoms with Gasteiger partial charge in [-0.05, 0) is 17.7 Å². The maximum absolute atomic E-state index is 10.7. The predicted molar refractivity (Wildman–Crippen MR) is 70.9 cm³/mol. The number of carboxylic acids is 1. The van der Waals surface area contributed by atoms with Gasteiger partial charge in [0, 0.05) is 16.0 Å². The van der Waals surface area contributed by atoms with Crippen LogP contribution in [0.2, 0.25) is 5.02 Å². The minimum Gasteiger partial charge on any atom is -0.480 e. The minimum atomic E-state index is -0.898. The van der Waals surface area contributed by atoms with Gasteiger partial charge in [0.05, 0.1) is 13.1 Å². The number of benzene rings is 1. The van der Waals surface area contributed by atoms with E-state index in [0.717, 1.165) is 10.0 Å². The lowest BCUT2D eigenvalue weighted by Crippen LogP contribution is -2.29. The molecule has 0 bridgehead atoms. The molecule has 3 nitrogen and oxygen atoms in total. The van der Waals surface area contributed by atoms with Crippen molar-refractivity contribution in [3.63, 3.8) is 0 Å². The molecule has 0 spiro atoms. The predicted octanol–water partition coefficient (Wildman–Crippen LogP) is 2.62. The Labute approximate surface area is 114 Å². The van der Waals surface area contributed by atoms with E-state index in [0.29, 0.717) is 18.1 Å². The third-order valence-electron chi connectivity index (χ3n) is 2.08. The maximum Gasteiger partial charge on any atom is 0.317 e. The summed E-state index contributed by atoms with van der Waals surface area (Å²) in [4.78, 5) is 12.3. The molecule has 0 unspecified atom stereocenters. The molecule has 0 atom stereocenters. The van der Waals surface area contributed by atoms with Gasteiger partial charge in [-0.2, -0.15) is 0 Å². The van der Waals surface area contributed by atoms with Crippen molar-refractivity contribution in [2.24, 2.45) is 0 Å². The number of carbonyl (C=O) groups is 1. The van der Waals surface area contributed by atoms with E-state index in [4.69, 9.17) is 23.1 Å². The summed E-state index contributed by atoms with van der Waals surface area (Å²) in [5, 5.41) is 9.39. The van der Waals surface area contributed by atoms with E-state index in [1.54, 1.807) is 17.0 Å². The number of nitrogens with zero attached hydrogens (tertiary/aromatic N) is 1. The molecule has 0 amide bonds. The lowest BCUT2D eigenvalue weighted by molar-refractivity contribution is -0.138. The van der Waals surface area contributed by atoms with Crippen LogP contribution in [-0.2, 0) is 11.3 Å². The number of carboxylic acid groups (broad SMARTS) is 1. The van der Waals surface area contributed by atoms with Crippen molar-refractivity contribution in [1.82, 2.24) is 4.90 Å². The van der Waals surface area contributed by atoms with Crippen molar-refractivity contribution in [3.8, 4) is 12.3 Å². The van der Waals surface area contributed by atoms with E-state index in [9.17, 15) is 4.79 Å². The van der Waals surface area contributed by atoms with Gasteiger partial charge in [0.25, 0.3) is 0 Å². The summed E-state index contributed by atoms with van der Waals surface area (Å²) >= 11 is 9.21. The Morgan fingerprint density at radius 2 is 2.29 bits per heavy atom. The lowest BCUT2D eigenvalue weighted by Gasteiger charge is -2.18. The monoisotopic (exact) mass is 315 g/mol. The number of aliphatic carboxylic acids is 1. The van der Waals surface area contributed by atoms with Gasteiger partial charge in [-0.25, -0.2) is 0 Å². The average Bonchev–Trinajstić information content (AvgIpc) is 2.21. The first kappa shape index (κ1) is 14.0. The Bertz CT molecular complexity index is 456. The summed E-state index contributed by atoms with van der Waals surface area (Å²) in [6.45, 7) is 0.675. The number of halogens is 2. The fraction of sp³-hybridized carbons (Fsp3) is 0.250. The second-order valence-electron chi connectivity index (χ2n) is 3.48. The molecule has 1 aromatic rings. The maximum atomic E-state index is 10.7. The SMILES string of the molecule is C#CCN(CC(=O)O)Cc1ccc(Cl)cc1Br. The molecule has 1 aromatic carbocycles. The molecule has 17 heavy (non-hydrogen) atoms. The van der Waals surface area contributed by atoms with Crippen LogP contribution in [0.3, 0.4) is 0 Å². The van der Waals surface area contributed by atoms with Crippen LogP contribution in [0.4, 0.5) is 0 Å². The Kier molecular flexibility index (Phi) is 5.49. The van der Waals surface area contributed by atoms with Crippen LogP contribution < -0.4 is 0 Å². The summed E-state index contributed by atoms with van der Waals surface area (Å²) in [6, 6.07) is 5.37. The topological polar surface area (TPSA) is 40.5 Å². The second kappa shape index (κ2) is 6.65. The van der Waals surface area contributed by atoms with Gasteiger partial charge in [0.1, 0.15) is 0 Å². The second-order valence-corrected chi connectivity index (χ2v) is 4.77. The van der Waals surface area contributed by atoms with E-state index >= 15 is 0 Å². The Morgan fingerprint density at radius 3 is 2.82 bits per heavy atom. The fourth-order valence-electron chi connectivity index (χ4n) is 1.38. The number of hydrogen-bond acceptors (Lipinski definition) is 2. The van der Waals surface area contributed by atoms with Crippen LogP contribution in [0.15, 0.2) is 22.7 Å². The molecule has 0 aliphatic carbocycles. The Balaban J connectivity index is 2.78. The molecule has 0 saturated carbocycles. The first-order valence-electron chi connectivity index (χ1n) is 4.84. The first-order valence-corrected chi connectivity index (χ1v) is 6.01. The first-order chi connectivity index (χ1) is 8.02. The van der Waals surface area contributed by atoms with Crippen LogP contribution in [0.25, 0.3) is 0 Å². The molecule has 5 heteroatoms. The van der Waals surface area contributed by atoms with Gasteiger partial charge < -0.3 is 5.11 Å². The highest BCUT2D eigenvalue weighted by Gasteiger charge is 2.11. The molecule has 1 N–H and O–H groups in total. The quantitative estimate of drug-likeness (QED) is 0.849. The van der Waals surface area contributed by atoms with E-state index in [2.05, 4.69) is 21.9 Å². The normalized spacial score (nSPS) is 10.2. The van der Waals surface area contributed by atoms with Crippen LogP contribution in [0.1, 0.15) is 5.56 Å². The average molecular weight is 317 g/mol. The number of rotatable bonds is 5. The Morgan fingerprint density at radius 1 is 1.59 bits per heavy atom. The van der Waals surface area contributed by atoms with Gasteiger partial charge in [0.15, 0.2) is 0 Å². The van der Waals surface area contributed by atoms with E-state index in [-0.39, 0.29) is 6.54 Å². The third-order valence-corrected chi connectivity index (χ3v) is 3.06. The van der Waals surface area contributed by atoms with Gasteiger partial charge in [0.2, 0.25) is 0 Å². The molecule has 90 valence electrons. The molecule has 0 aliphatic rings. The molecule has 0 aliphatic heterocycles. The molecule has 0 heterocycles. The highest BCUT2D eigenvalue weighted by molar-refractivity contribution is 9.10. The lowest BCUT2D eigenvalue weighted by atomic mass is 10.2. The van der Waals surface area contributed by atoms with Crippen LogP contribution in [-0.4, -0.2) is 29.1 Å². The summed E-state index contributed by atoms with van der Waals surface area (Å²) in [6.07, 6.45) is 5.20. The standard InChI is InChI=1S/C12H11BrClNO2/c1-2-5-15(8-12(16)17)7-9-3-4-10(14)6-11(9)13/h1,3-4,6H,5,7-8H2,(H,16,17). The smallest absolute Gasteiger partial charge is 0.317 e. The number of terminal acetylenes is 1. The highest BCUT2D eigenvalue weighted by atomic mass is 79.9. The summed E-state index contributed by atoms with van der Waals surface area (Å²) in [5.74, 6) is 1.55. The zero-order chi connectivity index (χ0) is 12.8. The number of hydrogen-bond donors (Lipinski definition) is 1. The van der Waals surface area contributed by atoms with Crippen molar-refractivity contribution in [3.05, 3.63) is 33.3 Å². The minimum absolute atomic E-state index is 0.0841. The molecule has 0 fully saturated rings. The van der Waals surface area contributed by atoms with Gasteiger partial charge >= 0.3 is 5.97 Å². The fourth-order valence-corrected chi connectivity index (χ4v) is 2.19. The van der Waals surface area contributed by atoms with E-state index in [1.165, 1.54) is 0 Å². The van der Waals surface area contributed by atoms with Crippen LogP contribution >= 0.6 is 27.5 Å². The Hall–Kier alpha value is -1.02. The zero-order valence-corrected chi connectivity index (χ0v) is 11.3. The van der Waals surface area contributed by atoms with Crippen molar-refractivity contribution >= 4 is 33.5 Å². The summed E-state index contributed by atoms with van der Waals surface area (Å²) in [5.41, 5.74) is 0.950. The molecule has 0 aromatic heterocycles. The van der Waals surface area contributed by atoms with Gasteiger partial charge in [-0.15, -0.1) is 6.42 Å². The van der Waals surface area contributed by atoms with Crippen LogP contribution in [0, 0.1) is 12.3 Å². The third kappa shape index (κ3) is 4.78. The molecule has 1 rings (SSSR count). The zero-order valence-electron chi connectivity index (χ0n) is 8.99. The van der Waals surface area contributed by atoms with Crippen molar-refractivity contribution in [2.45, 2.75) is 6.54 Å². The van der Waals surface area contributed by atoms with Crippen molar-refractivity contribution in [1.29, 1.82) is 0 Å². The largest absolute Gasteiger partial charge is 0.480 e. The summed E-state index contributed by atoms with van der Waals surface area (Å²) < 4.78 is 0.845. The molecular weight excluding hydrogens is 305 g/mol. The molecular formula is C12H11BrClNO2. The molecule has 0 radical (unpaired) electrons. The van der Waals surface area contributed by atoms with Gasteiger partial charge in [-0.3, -0.25) is 9.69 Å². The van der Waals surface area contributed by atoms with E-state index in [1.807, 2.05) is 6.07 Å². The van der Waals surface area contributed by atoms with Crippen LogP contribution in [0.5, 0.6) is 0 Å². The van der Waals surface area contributed by atoms with E-state index < -0.39 is 5.97 Å². The molecule has 0 saturated heterocycles. The van der Waals surface area contributed by atoms with Gasteiger partial charge in [-0.1, -0.05) is 39.5 Å². The highest BCUT2D eigenvalue weighted by Crippen LogP contribution is 2.22. The van der Waals surface area contributed by atoms with Crippen molar-refractivity contribution in [2.75, 3.05) is 13.1 Å².